The van der Waals surface area contributed by atoms with E-state index in [2.05, 4.69) is 14.9 Å². The third-order valence-corrected chi connectivity index (χ3v) is 4.93. The molecule has 4 amide bonds. The van der Waals surface area contributed by atoms with Crippen LogP contribution in [-0.2, 0) is 16.0 Å². The van der Waals surface area contributed by atoms with Crippen molar-refractivity contribution >= 4 is 17.8 Å². The van der Waals surface area contributed by atoms with E-state index < -0.39 is 5.54 Å². The number of hydrogen-bond acceptors (Lipinski definition) is 6. The summed E-state index contributed by atoms with van der Waals surface area (Å²) in [7, 11) is 3.14. The van der Waals surface area contributed by atoms with Crippen LogP contribution in [0.3, 0.4) is 0 Å². The van der Waals surface area contributed by atoms with Crippen LogP contribution in [0.25, 0.3) is 0 Å². The highest BCUT2D eigenvalue weighted by Gasteiger charge is 2.55. The van der Waals surface area contributed by atoms with Gasteiger partial charge in [-0.3, -0.25) is 14.5 Å². The SMILES string of the molecule is Cc1nonc1CC(=O)N1CCC2(CC1)C(=O)N(C)C(=O)N2C. The summed E-state index contributed by atoms with van der Waals surface area (Å²) in [4.78, 5) is 41.1. The number of rotatable bonds is 2. The van der Waals surface area contributed by atoms with Gasteiger partial charge in [0.15, 0.2) is 0 Å². The second kappa shape index (κ2) is 5.32. The summed E-state index contributed by atoms with van der Waals surface area (Å²) in [5.41, 5.74) is 0.317. The Morgan fingerprint density at radius 1 is 1.22 bits per heavy atom. The molecule has 2 aliphatic heterocycles. The van der Waals surface area contributed by atoms with E-state index in [1.54, 1.807) is 18.9 Å². The van der Waals surface area contributed by atoms with Gasteiger partial charge in [0.2, 0.25) is 5.91 Å². The molecule has 124 valence electrons. The highest BCUT2D eigenvalue weighted by Crippen LogP contribution is 2.35. The highest BCUT2D eigenvalue weighted by molar-refractivity contribution is 6.06. The maximum atomic E-state index is 12.4. The van der Waals surface area contributed by atoms with E-state index in [0.717, 1.165) is 4.90 Å². The number of piperidine rings is 1. The standard InChI is InChI=1S/C14H19N5O4/c1-9-10(16-23-15-9)8-11(20)19-6-4-14(5-7-19)12(21)17(2)13(22)18(14)3/h4-8H2,1-3H3. The van der Waals surface area contributed by atoms with Crippen LogP contribution in [0.1, 0.15) is 24.2 Å². The zero-order valence-electron chi connectivity index (χ0n) is 13.4. The number of likely N-dealkylation sites (N-methyl/N-ethyl adjacent to an activating group) is 2. The average Bonchev–Trinajstić information content (AvgIpc) is 3.01. The first-order valence-corrected chi connectivity index (χ1v) is 7.48. The Morgan fingerprint density at radius 2 is 1.87 bits per heavy atom. The molecule has 0 bridgehead atoms. The third-order valence-electron chi connectivity index (χ3n) is 4.93. The Morgan fingerprint density at radius 3 is 2.35 bits per heavy atom. The fourth-order valence-electron chi connectivity index (χ4n) is 3.29. The number of amides is 4. The van der Waals surface area contributed by atoms with E-state index in [4.69, 9.17) is 0 Å². The van der Waals surface area contributed by atoms with Gasteiger partial charge in [0.25, 0.3) is 5.91 Å². The number of urea groups is 1. The molecule has 1 spiro atoms. The first-order valence-electron chi connectivity index (χ1n) is 7.48. The van der Waals surface area contributed by atoms with E-state index in [1.165, 1.54) is 11.9 Å². The average molecular weight is 321 g/mol. The zero-order chi connectivity index (χ0) is 16.8. The molecule has 1 aromatic rings. The lowest BCUT2D eigenvalue weighted by Crippen LogP contribution is -2.56. The van der Waals surface area contributed by atoms with Crippen molar-refractivity contribution in [2.45, 2.75) is 31.7 Å². The summed E-state index contributed by atoms with van der Waals surface area (Å²) in [6, 6.07) is -0.293. The van der Waals surface area contributed by atoms with Gasteiger partial charge in [-0.2, -0.15) is 0 Å². The van der Waals surface area contributed by atoms with Gasteiger partial charge in [-0.25, -0.2) is 9.42 Å². The Hall–Kier alpha value is -2.45. The van der Waals surface area contributed by atoms with Gasteiger partial charge in [0.1, 0.15) is 16.9 Å². The zero-order valence-corrected chi connectivity index (χ0v) is 13.4. The van der Waals surface area contributed by atoms with Crippen molar-refractivity contribution in [3.63, 3.8) is 0 Å². The number of carbonyl (C=O) groups is 3. The summed E-state index contributed by atoms with van der Waals surface area (Å²) in [6.07, 6.45) is 1.02. The number of imide groups is 1. The van der Waals surface area contributed by atoms with Crippen molar-refractivity contribution in [2.75, 3.05) is 27.2 Å². The minimum atomic E-state index is -0.812. The van der Waals surface area contributed by atoms with Gasteiger partial charge < -0.3 is 9.80 Å². The first-order chi connectivity index (χ1) is 10.9. The van der Waals surface area contributed by atoms with Gasteiger partial charge in [-0.15, -0.1) is 0 Å². The lowest BCUT2D eigenvalue weighted by atomic mass is 9.86. The number of carbonyl (C=O) groups excluding carboxylic acids is 3. The summed E-state index contributed by atoms with van der Waals surface area (Å²) < 4.78 is 4.60. The molecule has 0 saturated carbocycles. The van der Waals surface area contributed by atoms with E-state index >= 15 is 0 Å². The first kappa shape index (κ1) is 15.4. The molecule has 2 aliphatic rings. The summed E-state index contributed by atoms with van der Waals surface area (Å²) >= 11 is 0. The van der Waals surface area contributed by atoms with E-state index in [9.17, 15) is 14.4 Å². The van der Waals surface area contributed by atoms with Crippen LogP contribution in [0.15, 0.2) is 4.63 Å². The normalized spacial score (nSPS) is 20.7. The van der Waals surface area contributed by atoms with Gasteiger partial charge >= 0.3 is 6.03 Å². The van der Waals surface area contributed by atoms with Crippen LogP contribution in [0.4, 0.5) is 4.79 Å². The summed E-state index contributed by atoms with van der Waals surface area (Å²) in [5.74, 6) is -0.264. The van der Waals surface area contributed by atoms with E-state index in [-0.39, 0.29) is 24.3 Å². The van der Waals surface area contributed by atoms with Crippen LogP contribution in [0.5, 0.6) is 0 Å². The third kappa shape index (κ3) is 2.27. The number of aryl methyl sites for hydroxylation is 1. The van der Waals surface area contributed by atoms with Gasteiger partial charge in [-0.05, 0) is 19.8 Å². The number of nitrogens with zero attached hydrogens (tertiary/aromatic N) is 5. The molecule has 23 heavy (non-hydrogen) atoms. The minimum Gasteiger partial charge on any atom is -0.342 e. The Bertz CT molecular complexity index is 662. The molecular weight excluding hydrogens is 302 g/mol. The fourth-order valence-corrected chi connectivity index (χ4v) is 3.29. The molecule has 9 heteroatoms. The van der Waals surface area contributed by atoms with Crippen molar-refractivity contribution < 1.29 is 19.0 Å². The number of likely N-dealkylation sites (tertiary alicyclic amines) is 1. The van der Waals surface area contributed by atoms with Crippen LogP contribution >= 0.6 is 0 Å². The predicted molar refractivity (Wildman–Crippen MR) is 77.2 cm³/mol. The van der Waals surface area contributed by atoms with Gasteiger partial charge in [0.05, 0.1) is 6.42 Å². The minimum absolute atomic E-state index is 0.0774. The second-order valence-corrected chi connectivity index (χ2v) is 6.09. The topological polar surface area (TPSA) is 99.9 Å². The number of hydrogen-bond donors (Lipinski definition) is 0. The second-order valence-electron chi connectivity index (χ2n) is 6.09. The van der Waals surface area contributed by atoms with Crippen LogP contribution in [-0.4, -0.2) is 75.6 Å². The quantitative estimate of drug-likeness (QED) is 0.700. The molecule has 2 saturated heterocycles. The lowest BCUT2D eigenvalue weighted by Gasteiger charge is -2.40. The highest BCUT2D eigenvalue weighted by atomic mass is 16.6. The van der Waals surface area contributed by atoms with Crippen LogP contribution < -0.4 is 0 Å². The molecule has 0 atom stereocenters. The molecule has 2 fully saturated rings. The molecule has 0 N–H and O–H groups in total. The number of aromatic nitrogens is 2. The molecule has 1 aromatic heterocycles. The lowest BCUT2D eigenvalue weighted by molar-refractivity contribution is -0.139. The Kier molecular flexibility index (Phi) is 3.57. The maximum Gasteiger partial charge on any atom is 0.327 e. The van der Waals surface area contributed by atoms with E-state index in [1.807, 2.05) is 0 Å². The Labute approximate surface area is 133 Å². The summed E-state index contributed by atoms with van der Waals surface area (Å²) in [6.45, 7) is 2.60. The van der Waals surface area contributed by atoms with E-state index in [0.29, 0.717) is 37.3 Å². The molecule has 3 rings (SSSR count). The Balaban J connectivity index is 1.67. The van der Waals surface area contributed by atoms with Crippen molar-refractivity contribution in [1.29, 1.82) is 0 Å². The van der Waals surface area contributed by atoms with Crippen LogP contribution in [0, 0.1) is 6.92 Å². The monoisotopic (exact) mass is 321 g/mol. The molecule has 0 aliphatic carbocycles. The molecule has 9 nitrogen and oxygen atoms in total. The van der Waals surface area contributed by atoms with Crippen LogP contribution in [0.2, 0.25) is 0 Å². The molecule has 0 radical (unpaired) electrons. The van der Waals surface area contributed by atoms with Crippen molar-refractivity contribution in [2.24, 2.45) is 0 Å². The largest absolute Gasteiger partial charge is 0.342 e. The fraction of sp³-hybridized carbons (Fsp3) is 0.643. The van der Waals surface area contributed by atoms with Gasteiger partial charge in [0, 0.05) is 27.2 Å². The molecule has 0 unspecified atom stereocenters. The van der Waals surface area contributed by atoms with Crippen molar-refractivity contribution in [1.82, 2.24) is 25.0 Å². The predicted octanol–water partition coefficient (Wildman–Crippen LogP) is -0.194. The van der Waals surface area contributed by atoms with Crippen molar-refractivity contribution in [3.8, 4) is 0 Å². The van der Waals surface area contributed by atoms with Gasteiger partial charge in [-0.1, -0.05) is 10.3 Å². The molecular formula is C14H19N5O4. The molecule has 3 heterocycles. The smallest absolute Gasteiger partial charge is 0.327 e. The summed E-state index contributed by atoms with van der Waals surface area (Å²) in [5, 5.41) is 7.38. The van der Waals surface area contributed by atoms with Crippen molar-refractivity contribution in [3.05, 3.63) is 11.4 Å². The maximum absolute atomic E-state index is 12.4. The molecule has 0 aromatic carbocycles.